The zero-order valence-corrected chi connectivity index (χ0v) is 22.8. The van der Waals surface area contributed by atoms with Gasteiger partial charge in [-0.05, 0) is 60.9 Å². The molecule has 35 heavy (non-hydrogen) atoms. The molecular weight excluding hydrogens is 523 g/mol. The zero-order chi connectivity index (χ0) is 25.4. The molecule has 3 aromatic rings. The van der Waals surface area contributed by atoms with Crippen LogP contribution in [0.2, 0.25) is 10.0 Å². The van der Waals surface area contributed by atoms with Gasteiger partial charge in [-0.3, -0.25) is 9.10 Å². The molecule has 0 unspecified atom stereocenters. The lowest BCUT2D eigenvalue weighted by atomic mass is 10.1. The lowest BCUT2D eigenvalue weighted by Gasteiger charge is -2.24. The van der Waals surface area contributed by atoms with Gasteiger partial charge in [-0.15, -0.1) is 0 Å². The first-order chi connectivity index (χ1) is 16.7. The van der Waals surface area contributed by atoms with Gasteiger partial charge >= 0.3 is 0 Å². The van der Waals surface area contributed by atoms with Crippen LogP contribution in [0.1, 0.15) is 23.6 Å². The van der Waals surface area contributed by atoms with Gasteiger partial charge in [0.25, 0.3) is 10.0 Å². The fourth-order valence-corrected chi connectivity index (χ4v) is 6.16. The lowest BCUT2D eigenvalue weighted by molar-refractivity contribution is -0.119. The molecule has 0 atom stereocenters. The number of thioether (sulfide) groups is 1. The van der Waals surface area contributed by atoms with Crippen molar-refractivity contribution in [2.24, 2.45) is 0 Å². The number of nitrogens with zero attached hydrogens (tertiary/aromatic N) is 1. The van der Waals surface area contributed by atoms with Crippen molar-refractivity contribution in [2.45, 2.75) is 30.9 Å². The summed E-state index contributed by atoms with van der Waals surface area (Å²) in [5, 5.41) is 4.03. The monoisotopic (exact) mass is 550 g/mol. The van der Waals surface area contributed by atoms with Gasteiger partial charge in [0.15, 0.2) is 0 Å². The number of anilines is 1. The maximum absolute atomic E-state index is 13.4. The number of nitrogens with one attached hydrogen (secondary N) is 1. The molecule has 9 heteroatoms. The third kappa shape index (κ3) is 7.64. The first-order valence-electron chi connectivity index (χ1n) is 11.2. The highest BCUT2D eigenvalue weighted by Gasteiger charge is 2.27. The van der Waals surface area contributed by atoms with Crippen LogP contribution >= 0.6 is 35.0 Å². The summed E-state index contributed by atoms with van der Waals surface area (Å²) in [6.07, 6.45) is 0.838. The van der Waals surface area contributed by atoms with E-state index in [2.05, 4.69) is 5.32 Å². The minimum atomic E-state index is -3.92. The molecule has 0 aromatic heterocycles. The predicted octanol–water partition coefficient (Wildman–Crippen LogP) is 6.11. The lowest BCUT2D eigenvalue weighted by Crippen LogP contribution is -2.41. The molecule has 0 bridgehead atoms. The highest BCUT2D eigenvalue weighted by Crippen LogP contribution is 2.26. The number of benzene rings is 3. The number of halogens is 2. The molecule has 0 aliphatic rings. The molecule has 0 fully saturated rings. The molecule has 0 aliphatic heterocycles. The van der Waals surface area contributed by atoms with Gasteiger partial charge in [0.2, 0.25) is 5.91 Å². The van der Waals surface area contributed by atoms with Crippen molar-refractivity contribution in [3.63, 3.8) is 0 Å². The number of hydrogen-bond acceptors (Lipinski definition) is 4. The first-order valence-corrected chi connectivity index (χ1v) is 14.5. The predicted molar refractivity (Wildman–Crippen MR) is 147 cm³/mol. The van der Waals surface area contributed by atoms with Gasteiger partial charge in [0, 0.05) is 28.1 Å². The summed E-state index contributed by atoms with van der Waals surface area (Å²) < 4.78 is 28.0. The Balaban J connectivity index is 1.65. The number of amides is 1. The summed E-state index contributed by atoms with van der Waals surface area (Å²) in [6, 6.07) is 19.2. The molecule has 186 valence electrons. The highest BCUT2D eigenvalue weighted by molar-refractivity contribution is 7.98. The number of carbonyl (C=O) groups is 1. The fraction of sp³-hybridized carbons (Fsp3) is 0.269. The third-order valence-corrected chi connectivity index (χ3v) is 8.75. The first kappa shape index (κ1) is 27.4. The van der Waals surface area contributed by atoms with E-state index in [0.29, 0.717) is 33.8 Å². The molecular formula is C26H28Cl2N2O3S2. The summed E-state index contributed by atoms with van der Waals surface area (Å²) in [5.74, 6) is 0.967. The summed E-state index contributed by atoms with van der Waals surface area (Å²) >= 11 is 13.7. The SMILES string of the molecule is CCc1ccc(N(CC(=O)NCCSCc2ccc(Cl)cc2Cl)S(=O)(=O)c2ccc(C)cc2)cc1. The van der Waals surface area contributed by atoms with Gasteiger partial charge in [0.05, 0.1) is 10.6 Å². The number of sulfonamides is 1. The van der Waals surface area contributed by atoms with Crippen LogP contribution in [-0.4, -0.2) is 33.2 Å². The van der Waals surface area contributed by atoms with Crippen LogP contribution in [0.25, 0.3) is 0 Å². The maximum atomic E-state index is 13.4. The number of aryl methyl sites for hydroxylation is 2. The van der Waals surface area contributed by atoms with Crippen molar-refractivity contribution >= 4 is 56.6 Å². The van der Waals surface area contributed by atoms with Crippen LogP contribution < -0.4 is 9.62 Å². The minimum absolute atomic E-state index is 0.144. The maximum Gasteiger partial charge on any atom is 0.264 e. The van der Waals surface area contributed by atoms with Crippen molar-refractivity contribution in [1.29, 1.82) is 0 Å². The number of rotatable bonds is 11. The largest absolute Gasteiger partial charge is 0.354 e. The van der Waals surface area contributed by atoms with Crippen molar-refractivity contribution in [2.75, 3.05) is 23.1 Å². The quantitative estimate of drug-likeness (QED) is 0.292. The standard InChI is InChI=1S/C26H28Cl2N2O3S2/c1-3-20-6-10-23(11-7-20)30(35(32,33)24-12-4-19(2)5-13-24)17-26(31)29-14-15-34-18-21-8-9-22(27)16-25(21)28/h4-13,16H,3,14-15,17-18H2,1-2H3,(H,29,31). The van der Waals surface area contributed by atoms with Gasteiger partial charge in [-0.1, -0.05) is 66.0 Å². The number of hydrogen-bond donors (Lipinski definition) is 1. The van der Waals surface area contributed by atoms with Crippen LogP contribution in [0.5, 0.6) is 0 Å². The Morgan fingerprint density at radius 1 is 1.00 bits per heavy atom. The second-order valence-corrected chi connectivity index (χ2v) is 11.8. The van der Waals surface area contributed by atoms with E-state index in [9.17, 15) is 13.2 Å². The Kier molecular flexibility index (Phi) is 9.92. The van der Waals surface area contributed by atoms with Crippen LogP contribution in [0.3, 0.4) is 0 Å². The molecule has 5 nitrogen and oxygen atoms in total. The average molecular weight is 552 g/mol. The molecule has 3 aromatic carbocycles. The van der Waals surface area contributed by atoms with Crippen LogP contribution in [0.15, 0.2) is 71.6 Å². The molecule has 0 spiro atoms. The summed E-state index contributed by atoms with van der Waals surface area (Å²) in [5.41, 5.74) is 3.46. The summed E-state index contributed by atoms with van der Waals surface area (Å²) in [4.78, 5) is 12.9. The second-order valence-electron chi connectivity index (χ2n) is 7.98. The molecule has 0 heterocycles. The molecule has 0 saturated carbocycles. The van der Waals surface area contributed by atoms with Crippen LogP contribution in [0, 0.1) is 6.92 Å². The number of carbonyl (C=O) groups excluding carboxylic acids is 1. The van der Waals surface area contributed by atoms with E-state index in [4.69, 9.17) is 23.2 Å². The molecule has 1 amide bonds. The van der Waals surface area contributed by atoms with E-state index >= 15 is 0 Å². The molecule has 0 saturated heterocycles. The van der Waals surface area contributed by atoms with E-state index in [0.717, 1.165) is 27.4 Å². The third-order valence-electron chi connectivity index (χ3n) is 5.37. The van der Waals surface area contributed by atoms with E-state index in [1.54, 1.807) is 60.3 Å². The Bertz CT molecular complexity index is 1250. The van der Waals surface area contributed by atoms with Crippen LogP contribution in [-0.2, 0) is 27.0 Å². The van der Waals surface area contributed by atoms with Crippen molar-refractivity contribution in [3.8, 4) is 0 Å². The zero-order valence-electron chi connectivity index (χ0n) is 19.6. The Labute approximate surface area is 221 Å². The normalized spacial score (nSPS) is 11.3. The Hall–Kier alpha value is -2.19. The molecule has 3 rings (SSSR count). The van der Waals surface area contributed by atoms with Crippen molar-refractivity contribution in [3.05, 3.63) is 93.5 Å². The van der Waals surface area contributed by atoms with E-state index in [1.807, 2.05) is 32.0 Å². The second kappa shape index (κ2) is 12.7. The smallest absolute Gasteiger partial charge is 0.264 e. The average Bonchev–Trinajstić information content (AvgIpc) is 2.84. The summed E-state index contributed by atoms with van der Waals surface area (Å²) in [7, 11) is -3.92. The fourth-order valence-electron chi connectivity index (χ4n) is 3.32. The summed E-state index contributed by atoms with van der Waals surface area (Å²) in [6.45, 7) is 4.02. The van der Waals surface area contributed by atoms with Gasteiger partial charge in [0.1, 0.15) is 6.54 Å². The van der Waals surface area contributed by atoms with E-state index < -0.39 is 10.0 Å². The topological polar surface area (TPSA) is 66.5 Å². The van der Waals surface area contributed by atoms with Crippen molar-refractivity contribution < 1.29 is 13.2 Å². The van der Waals surface area contributed by atoms with Crippen molar-refractivity contribution in [1.82, 2.24) is 5.32 Å². The molecule has 0 radical (unpaired) electrons. The van der Waals surface area contributed by atoms with Gasteiger partial charge in [-0.25, -0.2) is 8.42 Å². The van der Waals surface area contributed by atoms with E-state index in [1.165, 1.54) is 0 Å². The minimum Gasteiger partial charge on any atom is -0.354 e. The highest BCUT2D eigenvalue weighted by atomic mass is 35.5. The Morgan fingerprint density at radius 2 is 1.69 bits per heavy atom. The Morgan fingerprint density at radius 3 is 2.31 bits per heavy atom. The molecule has 0 aliphatic carbocycles. The van der Waals surface area contributed by atoms with Gasteiger partial charge in [-0.2, -0.15) is 11.8 Å². The van der Waals surface area contributed by atoms with Gasteiger partial charge < -0.3 is 5.32 Å². The molecule has 1 N–H and O–H groups in total. The van der Waals surface area contributed by atoms with Crippen LogP contribution in [0.4, 0.5) is 5.69 Å². The van der Waals surface area contributed by atoms with E-state index in [-0.39, 0.29) is 17.3 Å².